The Morgan fingerprint density at radius 2 is 2.16 bits per heavy atom. The fourth-order valence-corrected chi connectivity index (χ4v) is 3.55. The molecule has 1 aliphatic rings. The van der Waals surface area contributed by atoms with E-state index in [2.05, 4.69) is 19.3 Å². The van der Waals surface area contributed by atoms with E-state index in [1.165, 1.54) is 31.4 Å². The third kappa shape index (κ3) is 3.10. The van der Waals surface area contributed by atoms with Crippen molar-refractivity contribution < 1.29 is 4.39 Å². The minimum absolute atomic E-state index is 0.0986. The van der Waals surface area contributed by atoms with Crippen LogP contribution in [-0.2, 0) is 0 Å². The minimum atomic E-state index is -0.270. The minimum Gasteiger partial charge on any atom is -0.271 e. The summed E-state index contributed by atoms with van der Waals surface area (Å²) in [7, 11) is 0. The van der Waals surface area contributed by atoms with Crippen LogP contribution in [0.25, 0.3) is 0 Å². The van der Waals surface area contributed by atoms with E-state index < -0.39 is 0 Å². The summed E-state index contributed by atoms with van der Waals surface area (Å²) >= 11 is 6.22. The third-order valence-corrected chi connectivity index (χ3v) is 4.81. The molecule has 2 nitrogen and oxygen atoms in total. The molecule has 0 heterocycles. The standard InChI is InChI=1S/C15H22ClFN2/c1-15(2)8-4-3-5-12(15)14(19-18)11-9-10(17)6-7-13(11)16/h6-7,9,12,14,19H,3-5,8,18H2,1-2H3. The quantitative estimate of drug-likeness (QED) is 0.645. The molecule has 0 saturated heterocycles. The number of benzene rings is 1. The zero-order valence-corrected chi connectivity index (χ0v) is 12.3. The molecule has 0 bridgehead atoms. The first-order valence-corrected chi connectivity index (χ1v) is 7.24. The van der Waals surface area contributed by atoms with Gasteiger partial charge in [0.2, 0.25) is 0 Å². The van der Waals surface area contributed by atoms with E-state index in [0.717, 1.165) is 12.0 Å². The van der Waals surface area contributed by atoms with Gasteiger partial charge in [0.25, 0.3) is 0 Å². The van der Waals surface area contributed by atoms with E-state index in [1.807, 2.05) is 0 Å². The van der Waals surface area contributed by atoms with Gasteiger partial charge in [0.05, 0.1) is 6.04 Å². The lowest BCUT2D eigenvalue weighted by Gasteiger charge is -2.43. The number of halogens is 2. The second kappa shape index (κ2) is 5.78. The number of hydrazine groups is 1. The SMILES string of the molecule is CC1(C)CCCCC1C(NN)c1cc(F)ccc1Cl. The summed E-state index contributed by atoms with van der Waals surface area (Å²) in [6, 6.07) is 4.38. The van der Waals surface area contributed by atoms with Gasteiger partial charge in [-0.05, 0) is 47.9 Å². The van der Waals surface area contributed by atoms with Crippen LogP contribution in [0, 0.1) is 17.2 Å². The predicted octanol–water partition coefficient (Wildman–Crippen LogP) is 4.20. The van der Waals surface area contributed by atoms with Gasteiger partial charge in [0, 0.05) is 5.02 Å². The molecule has 106 valence electrons. The van der Waals surface area contributed by atoms with Crippen LogP contribution >= 0.6 is 11.6 Å². The van der Waals surface area contributed by atoms with Gasteiger partial charge in [-0.3, -0.25) is 11.3 Å². The first-order chi connectivity index (χ1) is 8.95. The van der Waals surface area contributed by atoms with Crippen molar-refractivity contribution in [2.24, 2.45) is 17.2 Å². The highest BCUT2D eigenvalue weighted by atomic mass is 35.5. The van der Waals surface area contributed by atoms with Crippen molar-refractivity contribution in [3.8, 4) is 0 Å². The lowest BCUT2D eigenvalue weighted by Crippen LogP contribution is -2.41. The van der Waals surface area contributed by atoms with Crippen LogP contribution in [0.3, 0.4) is 0 Å². The van der Waals surface area contributed by atoms with E-state index in [9.17, 15) is 4.39 Å². The van der Waals surface area contributed by atoms with Crippen molar-refractivity contribution in [2.75, 3.05) is 0 Å². The summed E-state index contributed by atoms with van der Waals surface area (Å²) in [5.41, 5.74) is 3.81. The highest BCUT2D eigenvalue weighted by molar-refractivity contribution is 6.31. The Bertz CT molecular complexity index is 448. The Kier molecular flexibility index (Phi) is 4.49. The molecule has 1 saturated carbocycles. The molecule has 1 aliphatic carbocycles. The zero-order valence-electron chi connectivity index (χ0n) is 11.5. The smallest absolute Gasteiger partial charge is 0.123 e. The Morgan fingerprint density at radius 1 is 1.42 bits per heavy atom. The van der Waals surface area contributed by atoms with Crippen molar-refractivity contribution in [2.45, 2.75) is 45.6 Å². The molecule has 0 spiro atoms. The van der Waals surface area contributed by atoms with Gasteiger partial charge >= 0.3 is 0 Å². The molecule has 0 aliphatic heterocycles. The Balaban J connectivity index is 2.35. The Hall–Kier alpha value is -0.640. The first kappa shape index (κ1) is 14.8. The highest BCUT2D eigenvalue weighted by Crippen LogP contribution is 2.47. The van der Waals surface area contributed by atoms with Crippen molar-refractivity contribution in [1.82, 2.24) is 5.43 Å². The molecule has 2 unspecified atom stereocenters. The molecule has 2 rings (SSSR count). The van der Waals surface area contributed by atoms with Gasteiger partial charge in [-0.1, -0.05) is 38.3 Å². The van der Waals surface area contributed by atoms with Gasteiger partial charge < -0.3 is 0 Å². The van der Waals surface area contributed by atoms with Crippen LogP contribution in [0.15, 0.2) is 18.2 Å². The second-order valence-corrected chi connectivity index (χ2v) is 6.56. The average Bonchev–Trinajstić information content (AvgIpc) is 2.36. The Morgan fingerprint density at radius 3 is 2.79 bits per heavy atom. The van der Waals surface area contributed by atoms with Gasteiger partial charge in [-0.2, -0.15) is 0 Å². The summed E-state index contributed by atoms with van der Waals surface area (Å²) in [6.07, 6.45) is 4.70. The van der Waals surface area contributed by atoms with E-state index in [4.69, 9.17) is 17.4 Å². The van der Waals surface area contributed by atoms with Crippen molar-refractivity contribution >= 4 is 11.6 Å². The van der Waals surface area contributed by atoms with Gasteiger partial charge in [-0.15, -0.1) is 0 Å². The first-order valence-electron chi connectivity index (χ1n) is 6.87. The summed E-state index contributed by atoms with van der Waals surface area (Å²) < 4.78 is 13.5. The highest BCUT2D eigenvalue weighted by Gasteiger charge is 2.38. The van der Waals surface area contributed by atoms with E-state index >= 15 is 0 Å². The lowest BCUT2D eigenvalue weighted by molar-refractivity contribution is 0.0981. The van der Waals surface area contributed by atoms with Crippen LogP contribution in [0.5, 0.6) is 0 Å². The fourth-order valence-electron chi connectivity index (χ4n) is 3.31. The molecule has 0 amide bonds. The van der Waals surface area contributed by atoms with E-state index in [1.54, 1.807) is 6.07 Å². The number of hydrogen-bond acceptors (Lipinski definition) is 2. The summed E-state index contributed by atoms with van der Waals surface area (Å²) in [4.78, 5) is 0. The molecular formula is C15H22ClFN2. The Labute approximate surface area is 119 Å². The van der Waals surface area contributed by atoms with Crippen LogP contribution in [-0.4, -0.2) is 0 Å². The number of nitrogens with two attached hydrogens (primary N) is 1. The molecule has 1 aromatic rings. The van der Waals surface area contributed by atoms with Gasteiger partial charge in [0.15, 0.2) is 0 Å². The maximum absolute atomic E-state index is 13.5. The normalized spacial score (nSPS) is 24.2. The average molecular weight is 285 g/mol. The van der Waals surface area contributed by atoms with Crippen LogP contribution in [0.1, 0.15) is 51.1 Å². The number of hydrogen-bond donors (Lipinski definition) is 2. The van der Waals surface area contributed by atoms with Crippen LogP contribution in [0.2, 0.25) is 5.02 Å². The molecular weight excluding hydrogens is 263 g/mol. The largest absolute Gasteiger partial charge is 0.271 e. The molecule has 0 aromatic heterocycles. The number of rotatable bonds is 3. The maximum Gasteiger partial charge on any atom is 0.123 e. The molecule has 2 atom stereocenters. The van der Waals surface area contributed by atoms with E-state index in [-0.39, 0.29) is 17.3 Å². The molecule has 19 heavy (non-hydrogen) atoms. The predicted molar refractivity (Wildman–Crippen MR) is 77.2 cm³/mol. The summed E-state index contributed by atoms with van der Waals surface area (Å²) in [5.74, 6) is 5.84. The van der Waals surface area contributed by atoms with Crippen molar-refractivity contribution in [3.63, 3.8) is 0 Å². The zero-order chi connectivity index (χ0) is 14.0. The van der Waals surface area contributed by atoms with Gasteiger partial charge in [-0.25, -0.2) is 4.39 Å². The topological polar surface area (TPSA) is 38.0 Å². The molecule has 0 radical (unpaired) electrons. The molecule has 4 heteroatoms. The maximum atomic E-state index is 13.5. The molecule has 3 N–H and O–H groups in total. The van der Waals surface area contributed by atoms with Crippen molar-refractivity contribution in [1.29, 1.82) is 0 Å². The van der Waals surface area contributed by atoms with Crippen molar-refractivity contribution in [3.05, 3.63) is 34.6 Å². The third-order valence-electron chi connectivity index (χ3n) is 4.47. The summed E-state index contributed by atoms with van der Waals surface area (Å²) in [6.45, 7) is 4.52. The number of nitrogens with one attached hydrogen (secondary N) is 1. The monoisotopic (exact) mass is 284 g/mol. The lowest BCUT2D eigenvalue weighted by atomic mass is 9.65. The molecule has 1 aromatic carbocycles. The molecule has 1 fully saturated rings. The van der Waals surface area contributed by atoms with Crippen LogP contribution < -0.4 is 11.3 Å². The summed E-state index contributed by atoms with van der Waals surface area (Å²) in [5, 5.41) is 0.575. The fraction of sp³-hybridized carbons (Fsp3) is 0.600. The van der Waals surface area contributed by atoms with Crippen LogP contribution in [0.4, 0.5) is 4.39 Å². The second-order valence-electron chi connectivity index (χ2n) is 6.15. The van der Waals surface area contributed by atoms with Gasteiger partial charge in [0.1, 0.15) is 5.82 Å². The van der Waals surface area contributed by atoms with E-state index in [0.29, 0.717) is 10.9 Å².